The summed E-state index contributed by atoms with van der Waals surface area (Å²) in [6, 6.07) is 5.14. The van der Waals surface area contributed by atoms with E-state index in [4.69, 9.17) is 34.8 Å². The molecule has 96 valence electrons. The molecule has 0 atom stereocenters. The monoisotopic (exact) mass is 304 g/mol. The number of rotatable bonds is 3. The van der Waals surface area contributed by atoms with Gasteiger partial charge in [0.15, 0.2) is 0 Å². The Morgan fingerprint density at radius 2 is 1.94 bits per heavy atom. The summed E-state index contributed by atoms with van der Waals surface area (Å²) in [7, 11) is 0. The van der Waals surface area contributed by atoms with E-state index >= 15 is 0 Å². The Labute approximate surface area is 120 Å². The van der Waals surface area contributed by atoms with Gasteiger partial charge >= 0.3 is 0 Å². The third kappa shape index (κ3) is 2.36. The first kappa shape index (κ1) is 13.7. The van der Waals surface area contributed by atoms with E-state index in [2.05, 4.69) is 5.10 Å². The first-order chi connectivity index (χ1) is 8.58. The van der Waals surface area contributed by atoms with Crippen LogP contribution in [0.5, 0.6) is 0 Å². The Morgan fingerprint density at radius 3 is 2.44 bits per heavy atom. The van der Waals surface area contributed by atoms with Crippen molar-refractivity contribution >= 4 is 34.8 Å². The maximum absolute atomic E-state index is 9.30. The molecule has 0 fully saturated rings. The van der Waals surface area contributed by atoms with E-state index in [-0.39, 0.29) is 6.61 Å². The van der Waals surface area contributed by atoms with Gasteiger partial charge in [-0.05, 0) is 24.6 Å². The first-order valence-electron chi connectivity index (χ1n) is 5.41. The van der Waals surface area contributed by atoms with E-state index in [0.29, 0.717) is 32.9 Å². The molecule has 0 amide bonds. The maximum Gasteiger partial charge on any atom is 0.138 e. The summed E-state index contributed by atoms with van der Waals surface area (Å²) in [5, 5.41) is 15.0. The third-order valence-corrected chi connectivity index (χ3v) is 3.77. The highest BCUT2D eigenvalue weighted by Gasteiger charge is 2.15. The number of aliphatic hydroxyl groups is 1. The average Bonchev–Trinajstić information content (AvgIpc) is 2.69. The summed E-state index contributed by atoms with van der Waals surface area (Å²) in [5.74, 6) is 0. The van der Waals surface area contributed by atoms with Crippen LogP contribution in [0, 0.1) is 0 Å². The van der Waals surface area contributed by atoms with Gasteiger partial charge < -0.3 is 5.11 Å². The van der Waals surface area contributed by atoms with E-state index in [1.165, 1.54) is 0 Å². The molecule has 0 unspecified atom stereocenters. The van der Waals surface area contributed by atoms with Crippen LogP contribution in [-0.4, -0.2) is 14.9 Å². The lowest BCUT2D eigenvalue weighted by Crippen LogP contribution is -1.97. The molecule has 0 aliphatic heterocycles. The van der Waals surface area contributed by atoms with Gasteiger partial charge in [0.05, 0.1) is 28.0 Å². The van der Waals surface area contributed by atoms with Crippen molar-refractivity contribution in [2.24, 2.45) is 0 Å². The number of nitrogens with zero attached hydrogens (tertiary/aromatic N) is 2. The second-order valence-electron chi connectivity index (χ2n) is 3.74. The summed E-state index contributed by atoms with van der Waals surface area (Å²) in [4.78, 5) is 0. The molecule has 2 aromatic rings. The fourth-order valence-electron chi connectivity index (χ4n) is 1.70. The van der Waals surface area contributed by atoms with Gasteiger partial charge in [-0.15, -0.1) is 0 Å². The molecule has 1 aromatic heterocycles. The Kier molecular flexibility index (Phi) is 4.17. The van der Waals surface area contributed by atoms with Gasteiger partial charge in [-0.1, -0.05) is 41.7 Å². The SMILES string of the molecule is CCc1nn(-c2ccc(Cl)c(Cl)c2)c(Cl)c1CO. The molecule has 0 aliphatic rings. The smallest absolute Gasteiger partial charge is 0.138 e. The molecule has 1 heterocycles. The third-order valence-electron chi connectivity index (χ3n) is 2.64. The zero-order chi connectivity index (χ0) is 13.3. The predicted molar refractivity (Wildman–Crippen MR) is 73.9 cm³/mol. The van der Waals surface area contributed by atoms with Crippen LogP contribution in [-0.2, 0) is 13.0 Å². The fraction of sp³-hybridized carbons (Fsp3) is 0.250. The van der Waals surface area contributed by atoms with Crippen molar-refractivity contribution < 1.29 is 5.11 Å². The number of aromatic nitrogens is 2. The van der Waals surface area contributed by atoms with Gasteiger partial charge in [0.25, 0.3) is 0 Å². The first-order valence-corrected chi connectivity index (χ1v) is 6.54. The van der Waals surface area contributed by atoms with Crippen LogP contribution in [0.4, 0.5) is 0 Å². The Morgan fingerprint density at radius 1 is 1.22 bits per heavy atom. The maximum atomic E-state index is 9.30. The van der Waals surface area contributed by atoms with E-state index in [9.17, 15) is 5.11 Å². The predicted octanol–water partition coefficient (Wildman–Crippen LogP) is 3.89. The molecule has 0 bridgehead atoms. The number of benzene rings is 1. The molecule has 6 heteroatoms. The Hall–Kier alpha value is -0.740. The molecular formula is C12H11Cl3N2O. The minimum Gasteiger partial charge on any atom is -0.391 e. The van der Waals surface area contributed by atoms with Gasteiger partial charge in [-0.25, -0.2) is 4.68 Å². The standard InChI is InChI=1S/C12H11Cl3N2O/c1-2-11-8(6-18)12(15)17(16-11)7-3-4-9(13)10(14)5-7/h3-5,18H,2,6H2,1H3. The highest BCUT2D eigenvalue weighted by molar-refractivity contribution is 6.42. The van der Waals surface area contributed by atoms with Gasteiger partial charge in [-0.3, -0.25) is 0 Å². The van der Waals surface area contributed by atoms with Crippen molar-refractivity contribution in [1.82, 2.24) is 9.78 Å². The summed E-state index contributed by atoms with van der Waals surface area (Å²) < 4.78 is 1.55. The van der Waals surface area contributed by atoms with Crippen molar-refractivity contribution in [1.29, 1.82) is 0 Å². The van der Waals surface area contributed by atoms with Crippen molar-refractivity contribution in [2.75, 3.05) is 0 Å². The topological polar surface area (TPSA) is 38.0 Å². The fourth-order valence-corrected chi connectivity index (χ4v) is 2.30. The number of hydrogen-bond acceptors (Lipinski definition) is 2. The molecule has 1 N–H and O–H groups in total. The Bertz CT molecular complexity index is 581. The van der Waals surface area contributed by atoms with Crippen LogP contribution >= 0.6 is 34.8 Å². The molecule has 2 rings (SSSR count). The van der Waals surface area contributed by atoms with Gasteiger partial charge in [0.1, 0.15) is 5.15 Å². The van der Waals surface area contributed by atoms with E-state index in [1.807, 2.05) is 6.92 Å². The molecule has 3 nitrogen and oxygen atoms in total. The lowest BCUT2D eigenvalue weighted by atomic mass is 10.2. The van der Waals surface area contributed by atoms with E-state index in [1.54, 1.807) is 22.9 Å². The quantitative estimate of drug-likeness (QED) is 0.934. The second kappa shape index (κ2) is 5.49. The lowest BCUT2D eigenvalue weighted by Gasteiger charge is -2.04. The number of aliphatic hydroxyl groups excluding tert-OH is 1. The van der Waals surface area contributed by atoms with E-state index in [0.717, 1.165) is 5.69 Å². The molecule has 0 saturated heterocycles. The zero-order valence-corrected chi connectivity index (χ0v) is 11.9. The van der Waals surface area contributed by atoms with Gasteiger partial charge in [0.2, 0.25) is 0 Å². The largest absolute Gasteiger partial charge is 0.391 e. The second-order valence-corrected chi connectivity index (χ2v) is 4.91. The van der Waals surface area contributed by atoms with Crippen LogP contribution < -0.4 is 0 Å². The molecule has 1 aromatic carbocycles. The van der Waals surface area contributed by atoms with Crippen molar-refractivity contribution in [3.05, 3.63) is 44.7 Å². The summed E-state index contributed by atoms with van der Waals surface area (Å²) >= 11 is 18.0. The van der Waals surface area contributed by atoms with Crippen LogP contribution in [0.25, 0.3) is 5.69 Å². The van der Waals surface area contributed by atoms with Crippen LogP contribution in [0.3, 0.4) is 0 Å². The normalized spacial score (nSPS) is 10.9. The van der Waals surface area contributed by atoms with Crippen LogP contribution in [0.2, 0.25) is 15.2 Å². The summed E-state index contributed by atoms with van der Waals surface area (Å²) in [5.41, 5.74) is 2.13. The van der Waals surface area contributed by atoms with Gasteiger partial charge in [-0.2, -0.15) is 5.10 Å². The zero-order valence-electron chi connectivity index (χ0n) is 9.62. The van der Waals surface area contributed by atoms with Crippen LogP contribution in [0.1, 0.15) is 18.2 Å². The average molecular weight is 306 g/mol. The number of hydrogen-bond donors (Lipinski definition) is 1. The Balaban J connectivity index is 2.56. The molecule has 18 heavy (non-hydrogen) atoms. The number of halogens is 3. The van der Waals surface area contributed by atoms with Crippen molar-refractivity contribution in [3.8, 4) is 5.69 Å². The summed E-state index contributed by atoms with van der Waals surface area (Å²) in [6.45, 7) is 1.82. The minimum absolute atomic E-state index is 0.136. The van der Waals surface area contributed by atoms with Gasteiger partial charge in [0, 0.05) is 5.56 Å². The van der Waals surface area contributed by atoms with Crippen LogP contribution in [0.15, 0.2) is 18.2 Å². The lowest BCUT2D eigenvalue weighted by molar-refractivity contribution is 0.281. The molecule has 0 aliphatic carbocycles. The van der Waals surface area contributed by atoms with Crippen molar-refractivity contribution in [3.63, 3.8) is 0 Å². The summed E-state index contributed by atoms with van der Waals surface area (Å²) in [6.07, 6.45) is 0.698. The number of aryl methyl sites for hydroxylation is 1. The highest BCUT2D eigenvalue weighted by Crippen LogP contribution is 2.28. The highest BCUT2D eigenvalue weighted by atomic mass is 35.5. The molecule has 0 spiro atoms. The molecular weight excluding hydrogens is 295 g/mol. The van der Waals surface area contributed by atoms with E-state index < -0.39 is 0 Å². The minimum atomic E-state index is -0.136. The van der Waals surface area contributed by atoms with Crippen molar-refractivity contribution in [2.45, 2.75) is 20.0 Å². The molecule has 0 saturated carbocycles. The molecule has 0 radical (unpaired) electrons.